The van der Waals surface area contributed by atoms with Crippen LogP contribution in [0.3, 0.4) is 0 Å². The van der Waals surface area contributed by atoms with E-state index in [1.165, 1.54) is 75.2 Å². The average molecular weight is 726 g/mol. The first kappa shape index (κ1) is 38.8. The number of piperidine rings is 1. The number of ether oxygens (including phenoxy) is 1. The third-order valence-corrected chi connectivity index (χ3v) is 17.5. The number of nitrogens with zero attached hydrogens (tertiary/aromatic N) is 2. The molecule has 6 nitrogen and oxygen atoms in total. The summed E-state index contributed by atoms with van der Waals surface area (Å²) in [5.74, 6) is 3.54. The van der Waals surface area contributed by atoms with Gasteiger partial charge in [0.25, 0.3) is 0 Å². The van der Waals surface area contributed by atoms with Gasteiger partial charge in [0.15, 0.2) is 0 Å². The quantitative estimate of drug-likeness (QED) is 0.214. The van der Waals surface area contributed by atoms with Crippen LogP contribution in [0.1, 0.15) is 128 Å². The number of methoxy groups -OCH3 is 1. The molecule has 1 heterocycles. The lowest BCUT2D eigenvalue weighted by Crippen LogP contribution is -2.68. The molecule has 292 valence electrons. The summed E-state index contributed by atoms with van der Waals surface area (Å²) < 4.78 is 4.98. The van der Waals surface area contributed by atoms with Crippen LogP contribution in [0.25, 0.3) is 5.57 Å². The minimum absolute atomic E-state index is 0.0537. The SMILES string of the molecule is C=C(C)[C@@H]1CC[C@]2(NCCN3CCC(C(=O)N(C)C)CC3)CC[C@]3(C)[C@H](CC[C@@H]4[C@@]5(C)CC=C(c6ccc(C(=O)OC)cc6)C(C)(C)[C@@H]5CC[C@]43C)[C@@H]12. The summed E-state index contributed by atoms with van der Waals surface area (Å²) in [5.41, 5.74) is 5.89. The van der Waals surface area contributed by atoms with Crippen molar-refractivity contribution in [3.63, 3.8) is 0 Å². The zero-order chi connectivity index (χ0) is 38.1. The first-order valence-electron chi connectivity index (χ1n) is 21.3. The van der Waals surface area contributed by atoms with Gasteiger partial charge in [0.2, 0.25) is 5.91 Å². The molecular weight excluding hydrogens is 655 g/mol. The van der Waals surface area contributed by atoms with Crippen LogP contribution in [0.5, 0.6) is 0 Å². The molecule has 0 aromatic heterocycles. The minimum Gasteiger partial charge on any atom is -0.465 e. The summed E-state index contributed by atoms with van der Waals surface area (Å²) in [4.78, 5) is 29.1. The largest absolute Gasteiger partial charge is 0.465 e. The molecule has 1 amide bonds. The monoisotopic (exact) mass is 726 g/mol. The molecule has 53 heavy (non-hydrogen) atoms. The van der Waals surface area contributed by atoms with Crippen LogP contribution in [-0.4, -0.2) is 74.6 Å². The van der Waals surface area contributed by atoms with Crippen molar-refractivity contribution in [3.05, 3.63) is 53.6 Å². The van der Waals surface area contributed by atoms with Crippen molar-refractivity contribution >= 4 is 17.4 Å². The number of benzene rings is 1. The Labute approximate surface area is 321 Å². The van der Waals surface area contributed by atoms with E-state index >= 15 is 0 Å². The molecule has 6 aliphatic rings. The maximum absolute atomic E-state index is 12.6. The first-order chi connectivity index (χ1) is 25.0. The number of rotatable bonds is 8. The molecule has 5 fully saturated rings. The van der Waals surface area contributed by atoms with Crippen LogP contribution in [0.2, 0.25) is 0 Å². The maximum Gasteiger partial charge on any atom is 0.337 e. The Morgan fingerprint density at radius 3 is 2.23 bits per heavy atom. The second-order valence-corrected chi connectivity index (χ2v) is 20.2. The second-order valence-electron chi connectivity index (χ2n) is 20.2. The van der Waals surface area contributed by atoms with Gasteiger partial charge in [-0.25, -0.2) is 4.79 Å². The smallest absolute Gasteiger partial charge is 0.337 e. The molecule has 7 rings (SSSR count). The number of amides is 1. The number of allylic oxidation sites excluding steroid dienone is 3. The summed E-state index contributed by atoms with van der Waals surface area (Å²) in [5, 5.41) is 4.32. The van der Waals surface area contributed by atoms with Crippen LogP contribution >= 0.6 is 0 Å². The van der Waals surface area contributed by atoms with Gasteiger partial charge < -0.3 is 19.9 Å². The van der Waals surface area contributed by atoms with Gasteiger partial charge in [-0.3, -0.25) is 4.79 Å². The number of hydrogen-bond donors (Lipinski definition) is 1. The number of likely N-dealkylation sites (tertiary alicyclic amines) is 1. The van der Waals surface area contributed by atoms with E-state index in [0.717, 1.165) is 51.4 Å². The molecule has 1 N–H and O–H groups in total. The topological polar surface area (TPSA) is 61.9 Å². The van der Waals surface area contributed by atoms with Gasteiger partial charge in [0.1, 0.15) is 0 Å². The van der Waals surface area contributed by atoms with E-state index in [1.807, 2.05) is 26.2 Å². The van der Waals surface area contributed by atoms with E-state index in [9.17, 15) is 9.59 Å². The molecule has 0 unspecified atom stereocenters. The Kier molecular flexibility index (Phi) is 10.2. The number of fused-ring (bicyclic) bond motifs is 7. The molecule has 6 heteroatoms. The molecule has 0 spiro atoms. The molecule has 5 aliphatic carbocycles. The van der Waals surface area contributed by atoms with Crippen molar-refractivity contribution in [2.45, 2.75) is 118 Å². The summed E-state index contributed by atoms with van der Waals surface area (Å²) in [6, 6.07) is 8.15. The lowest BCUT2D eigenvalue weighted by Gasteiger charge is -2.72. The summed E-state index contributed by atoms with van der Waals surface area (Å²) in [6.45, 7) is 24.4. The van der Waals surface area contributed by atoms with Crippen molar-refractivity contribution in [2.24, 2.45) is 57.2 Å². The van der Waals surface area contributed by atoms with Crippen LogP contribution in [-0.2, 0) is 9.53 Å². The predicted molar refractivity (Wildman–Crippen MR) is 216 cm³/mol. The highest BCUT2D eigenvalue weighted by Crippen LogP contribution is 2.76. The fourth-order valence-corrected chi connectivity index (χ4v) is 14.7. The van der Waals surface area contributed by atoms with E-state index in [2.05, 4.69) is 76.5 Å². The second kappa shape index (κ2) is 13.9. The molecule has 1 aromatic carbocycles. The molecule has 1 aliphatic heterocycles. The zero-order valence-corrected chi connectivity index (χ0v) is 34.8. The molecule has 0 bridgehead atoms. The van der Waals surface area contributed by atoms with Gasteiger partial charge in [-0.2, -0.15) is 0 Å². The lowest BCUT2D eigenvalue weighted by atomic mass is 9.33. The standard InChI is InChI=1S/C47H71N3O3/c1-31(2)35-17-24-47(48-27-30-50-28-20-33(21-29-50)41(51)49(8)9)26-25-45(6)37(40(35)47)15-16-39-44(5)22-18-36(32-11-13-34(14-12-32)42(52)53-10)43(3,4)38(44)19-23-46(39,45)7/h11-14,18,33,35,37-40,48H,1,15-17,19-30H2,2-10H3/t35-,37+,38-,39+,40+,44-,45+,46+,47-/m0/s1. The molecule has 1 aromatic rings. The third kappa shape index (κ3) is 6.10. The normalized spacial score (nSPS) is 39.5. The van der Waals surface area contributed by atoms with Crippen LogP contribution < -0.4 is 5.32 Å². The Morgan fingerprint density at radius 1 is 0.887 bits per heavy atom. The fraction of sp³-hybridized carbons (Fsp3) is 0.745. The fourth-order valence-electron chi connectivity index (χ4n) is 14.7. The Hall–Kier alpha value is -2.44. The Bertz CT molecular complexity index is 1600. The van der Waals surface area contributed by atoms with E-state index in [1.54, 1.807) is 4.90 Å². The Balaban J connectivity index is 1.10. The first-order valence-corrected chi connectivity index (χ1v) is 21.3. The van der Waals surface area contributed by atoms with Crippen molar-refractivity contribution in [1.82, 2.24) is 15.1 Å². The summed E-state index contributed by atoms with van der Waals surface area (Å²) >= 11 is 0. The number of nitrogens with one attached hydrogen (secondary N) is 1. The van der Waals surface area contributed by atoms with E-state index in [0.29, 0.717) is 46.0 Å². The van der Waals surface area contributed by atoms with E-state index in [-0.39, 0.29) is 28.3 Å². The van der Waals surface area contributed by atoms with Crippen LogP contribution in [0.4, 0.5) is 0 Å². The third-order valence-electron chi connectivity index (χ3n) is 17.5. The van der Waals surface area contributed by atoms with Crippen molar-refractivity contribution in [3.8, 4) is 0 Å². The molecular formula is C47H71N3O3. The summed E-state index contributed by atoms with van der Waals surface area (Å²) in [6.07, 6.45) is 16.2. The number of esters is 1. The lowest BCUT2D eigenvalue weighted by molar-refractivity contribution is -0.219. The van der Waals surface area contributed by atoms with Gasteiger partial charge >= 0.3 is 5.97 Å². The zero-order valence-electron chi connectivity index (χ0n) is 34.8. The van der Waals surface area contributed by atoms with Crippen molar-refractivity contribution in [2.75, 3.05) is 47.4 Å². The molecule has 9 atom stereocenters. The molecule has 0 radical (unpaired) electrons. The predicted octanol–water partition coefficient (Wildman–Crippen LogP) is 9.27. The highest BCUT2D eigenvalue weighted by Gasteiger charge is 2.70. The highest BCUT2D eigenvalue weighted by atomic mass is 16.5. The average Bonchev–Trinajstić information content (AvgIpc) is 3.51. The van der Waals surface area contributed by atoms with Gasteiger partial charge in [-0.15, -0.1) is 0 Å². The van der Waals surface area contributed by atoms with Gasteiger partial charge in [-0.05, 0) is 165 Å². The Morgan fingerprint density at radius 2 is 1.58 bits per heavy atom. The van der Waals surface area contributed by atoms with Crippen molar-refractivity contribution < 1.29 is 14.3 Å². The highest BCUT2D eigenvalue weighted by molar-refractivity contribution is 5.90. The van der Waals surface area contributed by atoms with Gasteiger partial charge in [0.05, 0.1) is 12.7 Å². The van der Waals surface area contributed by atoms with E-state index in [4.69, 9.17) is 4.74 Å². The van der Waals surface area contributed by atoms with Crippen LogP contribution in [0.15, 0.2) is 42.5 Å². The summed E-state index contributed by atoms with van der Waals surface area (Å²) in [7, 11) is 5.23. The number of carbonyl (C=O) groups excluding carboxylic acids is 2. The molecule has 4 saturated carbocycles. The van der Waals surface area contributed by atoms with Crippen molar-refractivity contribution in [1.29, 1.82) is 0 Å². The molecule has 1 saturated heterocycles. The number of carbonyl (C=O) groups is 2. The van der Waals surface area contributed by atoms with E-state index < -0.39 is 0 Å². The minimum atomic E-state index is -0.273. The van der Waals surface area contributed by atoms with Crippen LogP contribution in [0, 0.1) is 57.2 Å². The number of hydrogen-bond acceptors (Lipinski definition) is 5. The van der Waals surface area contributed by atoms with Gasteiger partial charge in [-0.1, -0.05) is 65.0 Å². The van der Waals surface area contributed by atoms with Gasteiger partial charge in [0, 0.05) is 38.6 Å². The maximum atomic E-state index is 12.6.